The van der Waals surface area contributed by atoms with E-state index in [0.717, 1.165) is 18.7 Å². The van der Waals surface area contributed by atoms with Gasteiger partial charge in [-0.1, -0.05) is 11.6 Å². The molecule has 112 valence electrons. The molecule has 0 spiro atoms. The number of hydrogen-bond acceptors (Lipinski definition) is 5. The lowest BCUT2D eigenvalue weighted by Crippen LogP contribution is -2.14. The van der Waals surface area contributed by atoms with Gasteiger partial charge in [0.25, 0.3) is 0 Å². The second kappa shape index (κ2) is 5.04. The van der Waals surface area contributed by atoms with Gasteiger partial charge in [-0.2, -0.15) is 0 Å². The maximum Gasteiger partial charge on any atom is 0.180 e. The number of ether oxygens (including phenoxy) is 2. The summed E-state index contributed by atoms with van der Waals surface area (Å²) in [5, 5.41) is 0.406. The van der Waals surface area contributed by atoms with Crippen molar-refractivity contribution in [3.05, 3.63) is 23.0 Å². The summed E-state index contributed by atoms with van der Waals surface area (Å²) in [5.74, 6) is 8.59. The highest BCUT2D eigenvalue weighted by Crippen LogP contribution is 2.45. The van der Waals surface area contributed by atoms with Crippen molar-refractivity contribution in [1.82, 2.24) is 9.66 Å². The lowest BCUT2D eigenvalue weighted by Gasteiger charge is -2.12. The fourth-order valence-electron chi connectivity index (χ4n) is 2.36. The number of aromatic nitrogens is 2. The first kappa shape index (κ1) is 13.9. The van der Waals surface area contributed by atoms with Crippen molar-refractivity contribution in [1.29, 1.82) is 0 Å². The maximum absolute atomic E-state index is 6.41. The van der Waals surface area contributed by atoms with Crippen LogP contribution in [0.5, 0.6) is 11.5 Å². The molecule has 3 rings (SSSR count). The van der Waals surface area contributed by atoms with Gasteiger partial charge in [0, 0.05) is 11.5 Å². The second-order valence-corrected chi connectivity index (χ2v) is 5.39. The van der Waals surface area contributed by atoms with E-state index in [0.29, 0.717) is 39.5 Å². The second-order valence-electron chi connectivity index (χ2n) is 5.01. The third-order valence-corrected chi connectivity index (χ3v) is 4.03. The third-order valence-electron chi connectivity index (χ3n) is 3.66. The van der Waals surface area contributed by atoms with Crippen LogP contribution in [0.1, 0.15) is 24.6 Å². The van der Waals surface area contributed by atoms with Crippen LogP contribution in [0.15, 0.2) is 12.1 Å². The molecule has 1 saturated carbocycles. The van der Waals surface area contributed by atoms with Crippen LogP contribution in [0, 0.1) is 0 Å². The van der Waals surface area contributed by atoms with Crippen molar-refractivity contribution < 1.29 is 9.47 Å². The summed E-state index contributed by atoms with van der Waals surface area (Å²) >= 11 is 6.41. The van der Waals surface area contributed by atoms with E-state index in [-0.39, 0.29) is 0 Å². The van der Waals surface area contributed by atoms with Crippen molar-refractivity contribution in [2.24, 2.45) is 0 Å². The van der Waals surface area contributed by atoms with E-state index in [1.165, 1.54) is 11.8 Å². The molecule has 1 aromatic heterocycles. The summed E-state index contributed by atoms with van der Waals surface area (Å²) in [6.45, 7) is 0. The number of nitrogens with zero attached hydrogens (tertiary/aromatic N) is 2. The Morgan fingerprint density at radius 2 is 2.00 bits per heavy atom. The molecule has 0 unspecified atom stereocenters. The molecule has 4 N–H and O–H groups in total. The minimum absolute atomic E-state index is 0.393. The van der Waals surface area contributed by atoms with E-state index in [2.05, 4.69) is 4.98 Å². The molecule has 0 saturated heterocycles. The molecule has 0 bridgehead atoms. The van der Waals surface area contributed by atoms with Gasteiger partial charge in [0.1, 0.15) is 11.5 Å². The lowest BCUT2D eigenvalue weighted by atomic mass is 10.1. The molecular weight excluding hydrogens is 292 g/mol. The predicted molar refractivity (Wildman–Crippen MR) is 82.3 cm³/mol. The van der Waals surface area contributed by atoms with Crippen molar-refractivity contribution >= 4 is 17.4 Å². The normalized spacial score (nSPS) is 14.2. The van der Waals surface area contributed by atoms with Crippen LogP contribution in [-0.2, 0) is 0 Å². The largest absolute Gasteiger partial charge is 0.493 e. The van der Waals surface area contributed by atoms with Crippen molar-refractivity contribution in [2.75, 3.05) is 25.8 Å². The van der Waals surface area contributed by atoms with Gasteiger partial charge in [-0.05, 0) is 25.0 Å². The number of methoxy groups -OCH3 is 2. The van der Waals surface area contributed by atoms with Crippen LogP contribution in [0.25, 0.3) is 11.3 Å². The molecule has 7 heteroatoms. The van der Waals surface area contributed by atoms with Crippen molar-refractivity contribution in [2.45, 2.75) is 18.8 Å². The zero-order valence-electron chi connectivity index (χ0n) is 11.9. The molecule has 6 nitrogen and oxygen atoms in total. The highest BCUT2D eigenvalue weighted by Gasteiger charge is 2.31. The first-order valence-corrected chi connectivity index (χ1v) is 7.00. The Labute approximate surface area is 127 Å². The average molecular weight is 309 g/mol. The molecule has 1 heterocycles. The fraction of sp³-hybridized carbons (Fsp3) is 0.357. The number of halogens is 1. The van der Waals surface area contributed by atoms with E-state index < -0.39 is 0 Å². The Kier molecular flexibility index (Phi) is 3.33. The highest BCUT2D eigenvalue weighted by atomic mass is 35.5. The van der Waals surface area contributed by atoms with Crippen molar-refractivity contribution in [3.63, 3.8) is 0 Å². The quantitative estimate of drug-likeness (QED) is 0.847. The van der Waals surface area contributed by atoms with E-state index in [4.69, 9.17) is 32.7 Å². The van der Waals surface area contributed by atoms with Gasteiger partial charge in [0.05, 0.1) is 19.2 Å². The highest BCUT2D eigenvalue weighted by molar-refractivity contribution is 6.35. The van der Waals surface area contributed by atoms with Gasteiger partial charge in [-0.15, -0.1) is 0 Å². The summed E-state index contributed by atoms with van der Waals surface area (Å²) < 4.78 is 12.0. The van der Waals surface area contributed by atoms with E-state index in [1.807, 2.05) is 0 Å². The Balaban J connectivity index is 2.14. The van der Waals surface area contributed by atoms with Gasteiger partial charge < -0.3 is 21.1 Å². The van der Waals surface area contributed by atoms with E-state index in [1.54, 1.807) is 19.2 Å². The number of rotatable bonds is 4. The topological polar surface area (TPSA) is 88.3 Å². The van der Waals surface area contributed by atoms with Gasteiger partial charge in [-0.3, -0.25) is 0 Å². The Hall–Kier alpha value is -2.08. The van der Waals surface area contributed by atoms with Gasteiger partial charge >= 0.3 is 0 Å². The van der Waals surface area contributed by atoms with Gasteiger partial charge in [0.15, 0.2) is 17.3 Å². The lowest BCUT2D eigenvalue weighted by molar-refractivity contribution is 0.355. The molecule has 0 amide bonds. The third kappa shape index (κ3) is 2.15. The molecule has 2 aromatic rings. The first-order chi connectivity index (χ1) is 10.1. The predicted octanol–water partition coefficient (Wildman–Crippen LogP) is 2.39. The van der Waals surface area contributed by atoms with Gasteiger partial charge in [0.2, 0.25) is 0 Å². The SMILES string of the molecule is COc1ccc(-c2nc(C3CC3)n(N)c2N)c(Cl)c1OC. The number of hydrogen-bond donors (Lipinski definition) is 2. The summed E-state index contributed by atoms with van der Waals surface area (Å²) in [7, 11) is 3.09. The van der Waals surface area contributed by atoms with Crippen LogP contribution >= 0.6 is 11.6 Å². The number of nitrogens with two attached hydrogens (primary N) is 2. The molecule has 21 heavy (non-hydrogen) atoms. The number of anilines is 1. The van der Waals surface area contributed by atoms with Crippen LogP contribution in [0.2, 0.25) is 5.02 Å². The molecule has 1 fully saturated rings. The average Bonchev–Trinajstić information content (AvgIpc) is 3.28. The van der Waals surface area contributed by atoms with Crippen molar-refractivity contribution in [3.8, 4) is 22.8 Å². The monoisotopic (exact) mass is 308 g/mol. The summed E-state index contributed by atoms with van der Waals surface area (Å²) in [6.07, 6.45) is 2.18. The minimum atomic E-state index is 0.393. The zero-order valence-corrected chi connectivity index (χ0v) is 12.6. The smallest absolute Gasteiger partial charge is 0.180 e. The molecule has 1 aliphatic carbocycles. The Morgan fingerprint density at radius 3 is 2.57 bits per heavy atom. The number of nitrogen functional groups attached to an aromatic ring is 2. The van der Waals surface area contributed by atoms with Crippen LogP contribution in [0.4, 0.5) is 5.82 Å². The Bertz CT molecular complexity index is 695. The molecular formula is C14H17ClN4O2. The minimum Gasteiger partial charge on any atom is -0.493 e. The summed E-state index contributed by atoms with van der Waals surface area (Å²) in [4.78, 5) is 4.57. The fourth-order valence-corrected chi connectivity index (χ4v) is 2.69. The van der Waals surface area contributed by atoms with E-state index >= 15 is 0 Å². The molecule has 0 aliphatic heterocycles. The molecule has 1 aromatic carbocycles. The molecule has 1 aliphatic rings. The number of benzene rings is 1. The van der Waals surface area contributed by atoms with E-state index in [9.17, 15) is 0 Å². The van der Waals surface area contributed by atoms with Crippen LogP contribution in [0.3, 0.4) is 0 Å². The molecule has 0 atom stereocenters. The van der Waals surface area contributed by atoms with Crippen LogP contribution in [-0.4, -0.2) is 23.9 Å². The Morgan fingerprint density at radius 1 is 1.29 bits per heavy atom. The standard InChI is InChI=1S/C14H17ClN4O2/c1-20-9-6-5-8(10(15)12(9)21-2)11-13(16)19(17)14(18-11)7-3-4-7/h5-7H,3-4,16-17H2,1-2H3. The zero-order chi connectivity index (χ0) is 15.1. The van der Waals surface area contributed by atoms with Crippen LogP contribution < -0.4 is 21.1 Å². The number of imidazole rings is 1. The van der Waals surface area contributed by atoms with Gasteiger partial charge in [-0.25, -0.2) is 9.66 Å². The maximum atomic E-state index is 6.41. The summed E-state index contributed by atoms with van der Waals surface area (Å²) in [5.41, 5.74) is 7.33. The summed E-state index contributed by atoms with van der Waals surface area (Å²) in [6, 6.07) is 3.57. The first-order valence-electron chi connectivity index (χ1n) is 6.62. The molecule has 0 radical (unpaired) electrons.